The second-order valence-corrected chi connectivity index (χ2v) is 5.67. The van der Waals surface area contributed by atoms with Gasteiger partial charge in [0, 0.05) is 23.3 Å². The molecule has 3 aromatic rings. The van der Waals surface area contributed by atoms with Crippen molar-refractivity contribution in [3.05, 3.63) is 59.8 Å². The number of aromatic nitrogens is 2. The normalized spacial score (nSPS) is 14.4. The van der Waals surface area contributed by atoms with E-state index in [1.54, 1.807) is 0 Å². The molecule has 0 fully saturated rings. The number of rotatable bonds is 1. The minimum atomic E-state index is 0.683. The van der Waals surface area contributed by atoms with Gasteiger partial charge in [0.2, 0.25) is 0 Å². The van der Waals surface area contributed by atoms with Crippen molar-refractivity contribution in [2.45, 2.75) is 20.0 Å². The Bertz CT molecular complexity index is 833. The van der Waals surface area contributed by atoms with E-state index in [0.717, 1.165) is 29.8 Å². The summed E-state index contributed by atoms with van der Waals surface area (Å²) in [7, 11) is 0. The molecular weight excluding hydrogens is 260 g/mol. The number of aromatic amines is 1. The van der Waals surface area contributed by atoms with Gasteiger partial charge in [0.15, 0.2) is 0 Å². The average Bonchev–Trinajstić information content (AvgIpc) is 2.88. The maximum atomic E-state index is 5.53. The van der Waals surface area contributed by atoms with E-state index < -0.39 is 0 Å². The van der Waals surface area contributed by atoms with Gasteiger partial charge in [-0.05, 0) is 54.2 Å². The summed E-state index contributed by atoms with van der Waals surface area (Å²) in [5.74, 6) is 0. The number of aryl methyl sites for hydroxylation is 1. The number of ether oxygens (including phenoxy) is 1. The smallest absolute Gasteiger partial charge is 0.137 e. The van der Waals surface area contributed by atoms with Crippen molar-refractivity contribution in [2.75, 3.05) is 6.61 Å². The Balaban J connectivity index is 1.87. The zero-order valence-electron chi connectivity index (χ0n) is 12.1. The number of hydrogen-bond acceptors (Lipinski definition) is 2. The lowest BCUT2D eigenvalue weighted by Crippen LogP contribution is -2.11. The van der Waals surface area contributed by atoms with Gasteiger partial charge in [-0.1, -0.05) is 12.1 Å². The lowest BCUT2D eigenvalue weighted by atomic mass is 9.93. The number of fused-ring (bicyclic) bond motifs is 2. The molecule has 3 nitrogen and oxygen atoms in total. The summed E-state index contributed by atoms with van der Waals surface area (Å²) in [5.41, 5.74) is 8.16. The van der Waals surface area contributed by atoms with E-state index in [4.69, 9.17) is 4.74 Å². The maximum Gasteiger partial charge on any atom is 0.137 e. The summed E-state index contributed by atoms with van der Waals surface area (Å²) >= 11 is 0. The molecule has 3 heteroatoms. The second kappa shape index (κ2) is 4.71. The fourth-order valence-corrected chi connectivity index (χ4v) is 3.02. The molecule has 0 atom stereocenters. The van der Waals surface area contributed by atoms with Crippen LogP contribution in [0.2, 0.25) is 0 Å². The highest BCUT2D eigenvalue weighted by atomic mass is 16.5. The Morgan fingerprint density at radius 2 is 2.14 bits per heavy atom. The molecule has 4 rings (SSSR count). The van der Waals surface area contributed by atoms with Gasteiger partial charge in [-0.2, -0.15) is 0 Å². The van der Waals surface area contributed by atoms with Crippen LogP contribution >= 0.6 is 0 Å². The molecule has 0 saturated heterocycles. The minimum Gasteiger partial charge on any atom is -0.376 e. The molecule has 0 bridgehead atoms. The largest absolute Gasteiger partial charge is 0.376 e. The van der Waals surface area contributed by atoms with Crippen LogP contribution in [0.3, 0.4) is 0 Å². The summed E-state index contributed by atoms with van der Waals surface area (Å²) in [6.45, 7) is 7.76. The van der Waals surface area contributed by atoms with Gasteiger partial charge in [-0.15, -0.1) is 0 Å². The number of nitrogens with one attached hydrogen (secondary N) is 1. The van der Waals surface area contributed by atoms with Crippen molar-refractivity contribution in [1.29, 1.82) is 0 Å². The van der Waals surface area contributed by atoms with Gasteiger partial charge >= 0.3 is 0 Å². The Morgan fingerprint density at radius 1 is 1.24 bits per heavy atom. The highest BCUT2D eigenvalue weighted by molar-refractivity contribution is 5.84. The number of pyridine rings is 1. The van der Waals surface area contributed by atoms with E-state index in [-0.39, 0.29) is 0 Å². The van der Waals surface area contributed by atoms with E-state index in [2.05, 4.69) is 42.0 Å². The summed E-state index contributed by atoms with van der Waals surface area (Å²) in [6, 6.07) is 6.60. The molecule has 2 aromatic heterocycles. The number of H-pyrrole nitrogens is 1. The van der Waals surface area contributed by atoms with Gasteiger partial charge in [-0.3, -0.25) is 0 Å². The first-order valence-electron chi connectivity index (χ1n) is 7.22. The van der Waals surface area contributed by atoms with Crippen molar-refractivity contribution in [1.82, 2.24) is 9.97 Å². The van der Waals surface area contributed by atoms with Gasteiger partial charge < -0.3 is 9.72 Å². The third-order valence-electron chi connectivity index (χ3n) is 4.27. The predicted molar refractivity (Wildman–Crippen MR) is 84.1 cm³/mol. The van der Waals surface area contributed by atoms with Gasteiger partial charge in [0.1, 0.15) is 5.65 Å². The Labute approximate surface area is 124 Å². The van der Waals surface area contributed by atoms with Crippen molar-refractivity contribution in [2.24, 2.45) is 0 Å². The molecule has 21 heavy (non-hydrogen) atoms. The Kier molecular flexibility index (Phi) is 2.82. The van der Waals surface area contributed by atoms with Crippen molar-refractivity contribution in [3.8, 4) is 11.1 Å². The maximum absolute atomic E-state index is 5.53. The Hall–Kier alpha value is -2.13. The second-order valence-electron chi connectivity index (χ2n) is 5.67. The van der Waals surface area contributed by atoms with Crippen LogP contribution in [0.5, 0.6) is 0 Å². The molecule has 1 N–H and O–H groups in total. The highest BCUT2D eigenvalue weighted by Crippen LogP contribution is 2.30. The first kappa shape index (κ1) is 12.6. The predicted octanol–water partition coefficient (Wildman–Crippen LogP) is 3.79. The van der Waals surface area contributed by atoms with Crippen molar-refractivity contribution >= 4 is 11.0 Å². The van der Waals surface area contributed by atoms with Crippen LogP contribution in [0, 0.1) is 13.8 Å². The minimum absolute atomic E-state index is 0.683. The zero-order chi connectivity index (χ0) is 14.4. The van der Waals surface area contributed by atoms with E-state index in [0.29, 0.717) is 6.61 Å². The van der Waals surface area contributed by atoms with Crippen LogP contribution in [0.15, 0.2) is 30.6 Å². The van der Waals surface area contributed by atoms with Gasteiger partial charge in [0.25, 0.3) is 0 Å². The van der Waals surface area contributed by atoms with Crippen LogP contribution in [-0.2, 0) is 17.8 Å². The third kappa shape index (κ3) is 2.05. The monoisotopic (exact) mass is 277 g/mol. The molecule has 0 amide bonds. The van der Waals surface area contributed by atoms with E-state index in [9.17, 15) is 0 Å². The lowest BCUT2D eigenvalue weighted by Gasteiger charge is -2.20. The molecule has 0 saturated carbocycles. The van der Waals surface area contributed by atoms with Crippen LogP contribution in [-0.4, -0.2) is 16.6 Å². The lowest BCUT2D eigenvalue weighted by molar-refractivity contribution is 0.110. The van der Waals surface area contributed by atoms with Crippen molar-refractivity contribution in [3.63, 3.8) is 0 Å². The fourth-order valence-electron chi connectivity index (χ4n) is 3.02. The number of benzene rings is 1. The first-order chi connectivity index (χ1) is 10.2. The summed E-state index contributed by atoms with van der Waals surface area (Å²) < 4.78 is 5.53. The molecule has 0 aliphatic carbocycles. The molecule has 3 heterocycles. The van der Waals surface area contributed by atoms with Crippen molar-refractivity contribution < 1.29 is 4.74 Å². The summed E-state index contributed by atoms with van der Waals surface area (Å²) in [5, 5.41) is 1.18. The molecule has 1 aliphatic heterocycles. The fraction of sp³-hybridized carbons (Fsp3) is 0.222. The molecule has 1 radical (unpaired) electrons. The van der Waals surface area contributed by atoms with Crippen LogP contribution in [0.4, 0.5) is 0 Å². The molecule has 1 aliphatic rings. The molecule has 0 unspecified atom stereocenters. The third-order valence-corrected chi connectivity index (χ3v) is 4.27. The average molecular weight is 277 g/mol. The van der Waals surface area contributed by atoms with E-state index in [1.807, 2.05) is 12.4 Å². The Morgan fingerprint density at radius 3 is 3.05 bits per heavy atom. The van der Waals surface area contributed by atoms with Crippen LogP contribution in [0.1, 0.15) is 22.3 Å². The molecule has 1 aromatic carbocycles. The molecule has 0 spiro atoms. The zero-order valence-corrected chi connectivity index (χ0v) is 12.1. The SMILES string of the molecule is [CH2]c1cc(-c2cnc3[nH]cc(C)c3c2)cc2c1COCC2. The van der Waals surface area contributed by atoms with Gasteiger partial charge in [0.05, 0.1) is 13.2 Å². The molecule has 105 valence electrons. The van der Waals surface area contributed by atoms with Crippen LogP contribution in [0.25, 0.3) is 22.2 Å². The number of nitrogens with zero attached hydrogens (tertiary/aromatic N) is 1. The van der Waals surface area contributed by atoms with Crippen LogP contribution < -0.4 is 0 Å². The first-order valence-corrected chi connectivity index (χ1v) is 7.22. The van der Waals surface area contributed by atoms with Gasteiger partial charge in [-0.25, -0.2) is 4.98 Å². The standard InChI is InChI=1S/C18H17N2O/c1-11-5-14(6-13-3-4-21-10-17(11)13)15-7-16-12(2)8-19-18(16)20-9-15/h5-9H,1,3-4,10H2,2H3,(H,19,20). The topological polar surface area (TPSA) is 37.9 Å². The quantitative estimate of drug-likeness (QED) is 0.734. The molecular formula is C18H17N2O. The van der Waals surface area contributed by atoms with E-state index >= 15 is 0 Å². The highest BCUT2D eigenvalue weighted by Gasteiger charge is 2.14. The summed E-state index contributed by atoms with van der Waals surface area (Å²) in [6.07, 6.45) is 4.89. The van der Waals surface area contributed by atoms with E-state index in [1.165, 1.54) is 27.6 Å². The number of hydrogen-bond donors (Lipinski definition) is 1. The summed E-state index contributed by atoms with van der Waals surface area (Å²) in [4.78, 5) is 7.71.